The molecule has 0 fully saturated rings. The number of carboxylic acid groups (broad SMARTS) is 1. The van der Waals surface area contributed by atoms with Crippen molar-refractivity contribution in [2.75, 3.05) is 0 Å². The van der Waals surface area contributed by atoms with E-state index in [1.54, 1.807) is 44.2 Å². The van der Waals surface area contributed by atoms with Crippen molar-refractivity contribution in [3.63, 3.8) is 0 Å². The maximum atomic E-state index is 13.2. The van der Waals surface area contributed by atoms with E-state index in [2.05, 4.69) is 0 Å². The highest BCUT2D eigenvalue weighted by Crippen LogP contribution is 2.25. The molecule has 1 aromatic carbocycles. The van der Waals surface area contributed by atoms with Crippen molar-refractivity contribution in [3.05, 3.63) is 35.9 Å². The van der Waals surface area contributed by atoms with E-state index in [0.29, 0.717) is 5.56 Å². The van der Waals surface area contributed by atoms with Gasteiger partial charge in [0.1, 0.15) is 6.61 Å². The predicted octanol–water partition coefficient (Wildman–Crippen LogP) is 3.05. The van der Waals surface area contributed by atoms with E-state index in [1.807, 2.05) is 5.32 Å². The third-order valence-corrected chi connectivity index (χ3v) is 3.02. The summed E-state index contributed by atoms with van der Waals surface area (Å²) in [6.07, 6.45) is -4.84. The summed E-state index contributed by atoms with van der Waals surface area (Å²) in [4.78, 5) is 23.0. The second-order valence-electron chi connectivity index (χ2n) is 5.36. The fraction of sp³-hybridized carbons (Fsp3) is 0.467. The lowest BCUT2D eigenvalue weighted by molar-refractivity contribution is -0.153. The number of carbonyl (C=O) groups excluding carboxylic acids is 1. The van der Waals surface area contributed by atoms with Crippen LogP contribution in [0.4, 0.5) is 13.6 Å². The Bertz CT molecular complexity index is 508. The number of alkyl halides is 2. The van der Waals surface area contributed by atoms with E-state index in [4.69, 9.17) is 9.84 Å². The third kappa shape index (κ3) is 4.68. The molecule has 1 rings (SSSR count). The molecule has 1 unspecified atom stereocenters. The summed E-state index contributed by atoms with van der Waals surface area (Å²) in [5.41, 5.74) is -1.98. The van der Waals surface area contributed by atoms with Gasteiger partial charge in [0.15, 0.2) is 0 Å². The van der Waals surface area contributed by atoms with Crippen LogP contribution in [0.1, 0.15) is 25.8 Å². The van der Waals surface area contributed by atoms with Crippen molar-refractivity contribution < 1.29 is 28.2 Å². The molecular weight excluding hydrogens is 296 g/mol. The number of nitrogens with one attached hydrogen (secondary N) is 1. The Labute approximate surface area is 127 Å². The van der Waals surface area contributed by atoms with E-state index >= 15 is 0 Å². The van der Waals surface area contributed by atoms with E-state index in [-0.39, 0.29) is 12.5 Å². The van der Waals surface area contributed by atoms with Crippen molar-refractivity contribution in [3.8, 4) is 0 Å². The van der Waals surface area contributed by atoms with E-state index in [0.717, 1.165) is 0 Å². The number of halogens is 2. The number of carboxylic acids is 1. The number of carbonyl (C=O) groups is 2. The maximum absolute atomic E-state index is 13.2. The number of hydrogen-bond acceptors (Lipinski definition) is 3. The summed E-state index contributed by atoms with van der Waals surface area (Å²) in [6, 6.07) is 8.63. The Balaban J connectivity index is 2.76. The molecule has 22 heavy (non-hydrogen) atoms. The van der Waals surface area contributed by atoms with E-state index < -0.39 is 30.4 Å². The number of alkyl carbamates (subject to hydrolysis) is 1. The zero-order valence-corrected chi connectivity index (χ0v) is 12.4. The number of hydrogen-bond donors (Lipinski definition) is 2. The van der Waals surface area contributed by atoms with Gasteiger partial charge in [-0.1, -0.05) is 44.2 Å². The Morgan fingerprint density at radius 3 is 2.32 bits per heavy atom. The highest BCUT2D eigenvalue weighted by atomic mass is 19.3. The van der Waals surface area contributed by atoms with Crippen LogP contribution in [0.2, 0.25) is 0 Å². The second kappa shape index (κ2) is 7.72. The van der Waals surface area contributed by atoms with Crippen molar-refractivity contribution >= 4 is 12.1 Å². The number of aliphatic carboxylic acids is 1. The molecule has 0 saturated heterocycles. The van der Waals surface area contributed by atoms with Gasteiger partial charge in [0.05, 0.1) is 0 Å². The van der Waals surface area contributed by atoms with Gasteiger partial charge in [-0.3, -0.25) is 0 Å². The lowest BCUT2D eigenvalue weighted by atomic mass is 9.89. The largest absolute Gasteiger partial charge is 0.479 e. The van der Waals surface area contributed by atoms with Crippen LogP contribution in [0.5, 0.6) is 0 Å². The first-order chi connectivity index (χ1) is 10.3. The lowest BCUT2D eigenvalue weighted by Crippen LogP contribution is -2.60. The van der Waals surface area contributed by atoms with Crippen LogP contribution in [0.15, 0.2) is 30.3 Å². The zero-order chi connectivity index (χ0) is 16.8. The van der Waals surface area contributed by atoms with Crippen molar-refractivity contribution in [1.29, 1.82) is 0 Å². The molecule has 0 bridgehead atoms. The first kappa shape index (κ1) is 17.9. The van der Waals surface area contributed by atoms with Gasteiger partial charge < -0.3 is 15.2 Å². The highest BCUT2D eigenvalue weighted by molar-refractivity contribution is 5.85. The highest BCUT2D eigenvalue weighted by Gasteiger charge is 2.49. The van der Waals surface area contributed by atoms with Crippen molar-refractivity contribution in [2.24, 2.45) is 5.92 Å². The van der Waals surface area contributed by atoms with Crippen LogP contribution in [0, 0.1) is 5.92 Å². The quantitative estimate of drug-likeness (QED) is 0.811. The third-order valence-electron chi connectivity index (χ3n) is 3.02. The van der Waals surface area contributed by atoms with Crippen molar-refractivity contribution in [1.82, 2.24) is 5.32 Å². The number of ether oxygens (including phenoxy) is 1. The summed E-state index contributed by atoms with van der Waals surface area (Å²) in [6.45, 7) is 3.06. The number of rotatable bonds is 7. The number of benzene rings is 1. The summed E-state index contributed by atoms with van der Waals surface area (Å²) < 4.78 is 31.3. The Morgan fingerprint density at radius 1 is 1.27 bits per heavy atom. The zero-order valence-electron chi connectivity index (χ0n) is 12.4. The Kier molecular flexibility index (Phi) is 6.27. The number of amides is 1. The molecular formula is C15H19F2NO4. The van der Waals surface area contributed by atoms with Gasteiger partial charge in [0.25, 0.3) is 6.43 Å². The average Bonchev–Trinajstić information content (AvgIpc) is 2.44. The molecule has 7 heteroatoms. The Hall–Kier alpha value is -2.18. The summed E-state index contributed by atoms with van der Waals surface area (Å²) in [5, 5.41) is 10.9. The normalized spacial score (nSPS) is 13.7. The van der Waals surface area contributed by atoms with E-state index in [1.165, 1.54) is 0 Å². The van der Waals surface area contributed by atoms with Crippen LogP contribution in [-0.4, -0.2) is 29.1 Å². The van der Waals surface area contributed by atoms with Gasteiger partial charge in [-0.15, -0.1) is 0 Å². The molecule has 5 nitrogen and oxygen atoms in total. The molecule has 0 aliphatic carbocycles. The van der Waals surface area contributed by atoms with Gasteiger partial charge in [-0.25, -0.2) is 18.4 Å². The maximum Gasteiger partial charge on any atom is 0.408 e. The molecule has 0 aliphatic heterocycles. The van der Waals surface area contributed by atoms with Crippen molar-refractivity contribution in [2.45, 2.75) is 38.8 Å². The van der Waals surface area contributed by atoms with Crippen LogP contribution in [0.25, 0.3) is 0 Å². The van der Waals surface area contributed by atoms with E-state index in [9.17, 15) is 18.4 Å². The molecule has 1 aromatic rings. The van der Waals surface area contributed by atoms with Crippen LogP contribution in [-0.2, 0) is 16.1 Å². The molecule has 0 aliphatic rings. The van der Waals surface area contributed by atoms with Crippen LogP contribution >= 0.6 is 0 Å². The topological polar surface area (TPSA) is 75.6 Å². The standard InChI is InChI=1S/C15H19F2NO4/c1-10(2)8-15(12(16)17,13(19)20)18-14(21)22-9-11-6-4-3-5-7-11/h3-7,10,12H,8-9H2,1-2H3,(H,18,21)(H,19,20). The summed E-state index contributed by atoms with van der Waals surface area (Å²) in [7, 11) is 0. The first-order valence-corrected chi connectivity index (χ1v) is 6.78. The average molecular weight is 315 g/mol. The Morgan fingerprint density at radius 2 is 1.86 bits per heavy atom. The van der Waals surface area contributed by atoms with Gasteiger partial charge in [0, 0.05) is 0 Å². The minimum Gasteiger partial charge on any atom is -0.479 e. The van der Waals surface area contributed by atoms with Gasteiger partial charge in [-0.2, -0.15) is 0 Å². The molecule has 0 saturated carbocycles. The van der Waals surface area contributed by atoms with Crippen LogP contribution in [0.3, 0.4) is 0 Å². The fourth-order valence-electron chi connectivity index (χ4n) is 2.01. The monoisotopic (exact) mass is 315 g/mol. The summed E-state index contributed by atoms with van der Waals surface area (Å²) in [5.74, 6) is -2.13. The minimum atomic E-state index is -3.25. The predicted molar refractivity (Wildman–Crippen MR) is 75.6 cm³/mol. The lowest BCUT2D eigenvalue weighted by Gasteiger charge is -2.30. The molecule has 1 atom stereocenters. The first-order valence-electron chi connectivity index (χ1n) is 6.78. The summed E-state index contributed by atoms with van der Waals surface area (Å²) >= 11 is 0. The molecule has 1 amide bonds. The second-order valence-corrected chi connectivity index (χ2v) is 5.36. The van der Waals surface area contributed by atoms with Gasteiger partial charge >= 0.3 is 12.1 Å². The SMILES string of the molecule is CC(C)CC(NC(=O)OCc1ccccc1)(C(=O)O)C(F)F. The molecule has 0 spiro atoms. The van der Waals surface area contributed by atoms with Gasteiger partial charge in [0.2, 0.25) is 5.54 Å². The molecule has 2 N–H and O–H groups in total. The molecule has 122 valence electrons. The van der Waals surface area contributed by atoms with Gasteiger partial charge in [-0.05, 0) is 17.9 Å². The molecule has 0 radical (unpaired) electrons. The fourth-order valence-corrected chi connectivity index (χ4v) is 2.01. The van der Waals surface area contributed by atoms with Crippen LogP contribution < -0.4 is 5.32 Å². The molecule has 0 heterocycles. The minimum absolute atomic E-state index is 0.132. The molecule has 0 aromatic heterocycles. The smallest absolute Gasteiger partial charge is 0.408 e.